The molecule has 2 aromatic carbocycles. The van der Waals surface area contributed by atoms with E-state index in [4.69, 9.17) is 14.5 Å². The van der Waals surface area contributed by atoms with Crippen LogP contribution in [0, 0.1) is 25.2 Å². The van der Waals surface area contributed by atoms with Gasteiger partial charge in [-0.25, -0.2) is 4.98 Å². The fraction of sp³-hybridized carbons (Fsp3) is 0.484. The number of nitrogens with zero attached hydrogens (tertiary/aromatic N) is 2. The second kappa shape index (κ2) is 10.3. The van der Waals surface area contributed by atoms with Crippen molar-refractivity contribution in [2.24, 2.45) is 11.3 Å². The first-order chi connectivity index (χ1) is 18.5. The highest BCUT2D eigenvalue weighted by Gasteiger charge is 2.63. The molecule has 7 heteroatoms. The number of benzene rings is 2. The van der Waals surface area contributed by atoms with E-state index in [0.717, 1.165) is 79.6 Å². The number of ether oxygens (including phenoxy) is 2. The zero-order valence-electron chi connectivity index (χ0n) is 22.6. The van der Waals surface area contributed by atoms with Crippen LogP contribution in [-0.2, 0) is 29.0 Å². The number of hydrogen-bond acceptors (Lipinski definition) is 7. The minimum atomic E-state index is -0.241. The van der Waals surface area contributed by atoms with Gasteiger partial charge >= 0.3 is 5.97 Å². The number of aryl methyl sites for hydroxylation is 1. The Morgan fingerprint density at radius 2 is 2.08 bits per heavy atom. The number of anilines is 1. The molecule has 0 amide bonds. The number of thiazole rings is 1. The predicted molar refractivity (Wildman–Crippen MR) is 152 cm³/mol. The maximum absolute atomic E-state index is 12.5. The van der Waals surface area contributed by atoms with E-state index >= 15 is 0 Å². The molecule has 38 heavy (non-hydrogen) atoms. The van der Waals surface area contributed by atoms with Crippen LogP contribution in [0.15, 0.2) is 35.7 Å². The molecule has 0 radical (unpaired) electrons. The highest BCUT2D eigenvalue weighted by molar-refractivity contribution is 7.14. The molecule has 1 saturated carbocycles. The van der Waals surface area contributed by atoms with E-state index in [1.54, 1.807) is 11.3 Å². The summed E-state index contributed by atoms with van der Waals surface area (Å²) in [4.78, 5) is 19.8. The molecule has 6 nitrogen and oxygen atoms in total. The first kappa shape index (κ1) is 25.4. The van der Waals surface area contributed by atoms with Gasteiger partial charge in [0.2, 0.25) is 0 Å². The van der Waals surface area contributed by atoms with E-state index < -0.39 is 0 Å². The molecule has 6 rings (SSSR count). The minimum absolute atomic E-state index is 0.00702. The van der Waals surface area contributed by atoms with Crippen LogP contribution in [0.25, 0.3) is 11.3 Å². The summed E-state index contributed by atoms with van der Waals surface area (Å²) in [6, 6.07) is 10.8. The van der Waals surface area contributed by atoms with Crippen LogP contribution < -0.4 is 15.0 Å². The smallest absolute Gasteiger partial charge is 0.312 e. The van der Waals surface area contributed by atoms with Crippen LogP contribution in [0.2, 0.25) is 0 Å². The standard InChI is InChI=1S/C31H37N3O3S/c1-4-36-29(35)31-12-15-34(17-24(31)16-31)30-33-27(19-38-30)26-7-5-6-20(2)28(26)37-18-23-9-8-22-10-13-32-14-11-25(22)21(23)3/h5-9,19,24,32H,4,10-18H2,1-3H3/t24?,31-/m1/s1. The van der Waals surface area contributed by atoms with E-state index in [2.05, 4.69) is 59.8 Å². The normalized spacial score (nSPS) is 22.3. The molecule has 1 aromatic heterocycles. The summed E-state index contributed by atoms with van der Waals surface area (Å²) in [7, 11) is 0. The lowest BCUT2D eigenvalue weighted by molar-refractivity contribution is -0.150. The number of nitrogens with one attached hydrogen (secondary N) is 1. The van der Waals surface area contributed by atoms with Crippen LogP contribution in [-0.4, -0.2) is 43.7 Å². The third kappa shape index (κ3) is 4.60. The van der Waals surface area contributed by atoms with E-state index in [1.807, 2.05) is 6.92 Å². The highest BCUT2D eigenvalue weighted by Crippen LogP contribution is 2.59. The summed E-state index contributed by atoms with van der Waals surface area (Å²) < 4.78 is 11.9. The Labute approximate surface area is 229 Å². The number of carbonyl (C=O) groups excluding carboxylic acids is 1. The average molecular weight is 532 g/mol. The monoisotopic (exact) mass is 531 g/mol. The lowest BCUT2D eigenvalue weighted by Crippen LogP contribution is -2.38. The Hall–Kier alpha value is -2.90. The van der Waals surface area contributed by atoms with Crippen molar-refractivity contribution in [2.75, 3.05) is 37.7 Å². The molecule has 2 atom stereocenters. The molecule has 1 saturated heterocycles. The second-order valence-corrected chi connectivity index (χ2v) is 11.8. The van der Waals surface area contributed by atoms with Crippen LogP contribution in [0.3, 0.4) is 0 Å². The van der Waals surface area contributed by atoms with Gasteiger partial charge in [-0.2, -0.15) is 0 Å². The largest absolute Gasteiger partial charge is 0.488 e. The fourth-order valence-corrected chi connectivity index (χ4v) is 7.17. The second-order valence-electron chi connectivity index (χ2n) is 11.0. The topological polar surface area (TPSA) is 63.7 Å². The Morgan fingerprint density at radius 3 is 2.92 bits per heavy atom. The maximum atomic E-state index is 12.5. The van der Waals surface area contributed by atoms with Gasteiger partial charge in [0.1, 0.15) is 12.4 Å². The van der Waals surface area contributed by atoms with Crippen LogP contribution >= 0.6 is 11.3 Å². The lowest BCUT2D eigenvalue weighted by Gasteiger charge is -2.30. The number of aromatic nitrogens is 1. The van der Waals surface area contributed by atoms with Gasteiger partial charge in [-0.1, -0.05) is 24.3 Å². The Kier molecular flexibility index (Phi) is 6.91. The molecule has 200 valence electrons. The van der Waals surface area contributed by atoms with E-state index in [1.165, 1.54) is 22.3 Å². The number of piperidine rings is 1. The van der Waals surface area contributed by atoms with Crippen molar-refractivity contribution in [3.8, 4) is 17.0 Å². The van der Waals surface area contributed by atoms with E-state index in [0.29, 0.717) is 19.1 Å². The zero-order chi connectivity index (χ0) is 26.3. The molecule has 3 aliphatic rings. The molecule has 1 N–H and O–H groups in total. The average Bonchev–Trinajstić information content (AvgIpc) is 3.56. The third-order valence-corrected chi connectivity index (χ3v) is 9.64. The molecule has 2 fully saturated rings. The highest BCUT2D eigenvalue weighted by atomic mass is 32.1. The molecule has 2 aliphatic heterocycles. The van der Waals surface area contributed by atoms with Gasteiger partial charge < -0.3 is 19.7 Å². The number of para-hydroxylation sites is 1. The number of hydrogen-bond donors (Lipinski definition) is 1. The molecule has 3 aromatic rings. The van der Waals surface area contributed by atoms with E-state index in [9.17, 15) is 4.79 Å². The van der Waals surface area contributed by atoms with Gasteiger partial charge in [0.15, 0.2) is 5.13 Å². The third-order valence-electron chi connectivity index (χ3n) is 8.74. The van der Waals surface area contributed by atoms with Crippen molar-refractivity contribution in [2.45, 2.75) is 53.1 Å². The summed E-state index contributed by atoms with van der Waals surface area (Å²) in [5.41, 5.74) is 8.42. The van der Waals surface area contributed by atoms with Gasteiger partial charge in [-0.3, -0.25) is 4.79 Å². The molecule has 1 unspecified atom stereocenters. The molecular weight excluding hydrogens is 494 g/mol. The predicted octanol–water partition coefficient (Wildman–Crippen LogP) is 5.47. The minimum Gasteiger partial charge on any atom is -0.488 e. The maximum Gasteiger partial charge on any atom is 0.312 e. The first-order valence-electron chi connectivity index (χ1n) is 13.9. The van der Waals surface area contributed by atoms with Crippen molar-refractivity contribution in [1.29, 1.82) is 0 Å². The van der Waals surface area contributed by atoms with Gasteiger partial charge in [-0.15, -0.1) is 11.3 Å². The van der Waals surface area contributed by atoms with Crippen LogP contribution in [0.4, 0.5) is 5.13 Å². The first-order valence-corrected chi connectivity index (χ1v) is 14.8. The number of carbonyl (C=O) groups is 1. The van der Waals surface area contributed by atoms with Gasteiger partial charge in [0.25, 0.3) is 0 Å². The summed E-state index contributed by atoms with van der Waals surface area (Å²) >= 11 is 1.68. The Bertz CT molecular complexity index is 1350. The Morgan fingerprint density at radius 1 is 1.21 bits per heavy atom. The molecule has 0 bridgehead atoms. The summed E-state index contributed by atoms with van der Waals surface area (Å²) in [5.74, 6) is 1.27. The zero-order valence-corrected chi connectivity index (χ0v) is 23.5. The SMILES string of the molecule is CCOC(=O)[C@@]12CCN(c3nc(-c4cccc(C)c4OCc4ccc5c(c4C)CCNCC5)cs3)CC1C2. The van der Waals surface area contributed by atoms with Crippen molar-refractivity contribution in [3.05, 3.63) is 63.5 Å². The fourth-order valence-electron chi connectivity index (χ4n) is 6.31. The lowest BCUT2D eigenvalue weighted by atomic mass is 9.94. The van der Waals surface area contributed by atoms with Crippen LogP contribution in [0.1, 0.15) is 47.6 Å². The van der Waals surface area contributed by atoms with Crippen molar-refractivity contribution in [1.82, 2.24) is 10.3 Å². The number of rotatable bonds is 7. The van der Waals surface area contributed by atoms with Crippen molar-refractivity contribution >= 4 is 22.4 Å². The summed E-state index contributed by atoms with van der Waals surface area (Å²) in [5, 5.41) is 6.67. The van der Waals surface area contributed by atoms with Gasteiger partial charge in [0.05, 0.1) is 17.7 Å². The molecule has 0 spiro atoms. The molecule has 3 heterocycles. The summed E-state index contributed by atoms with van der Waals surface area (Å²) in [6.07, 6.45) is 3.95. The van der Waals surface area contributed by atoms with Crippen molar-refractivity contribution < 1.29 is 14.3 Å². The molecule has 1 aliphatic carbocycles. The van der Waals surface area contributed by atoms with E-state index in [-0.39, 0.29) is 11.4 Å². The van der Waals surface area contributed by atoms with Crippen LogP contribution in [0.5, 0.6) is 5.75 Å². The number of fused-ring (bicyclic) bond motifs is 2. The van der Waals surface area contributed by atoms with Gasteiger partial charge in [0, 0.05) is 24.0 Å². The quantitative estimate of drug-likeness (QED) is 0.408. The summed E-state index contributed by atoms with van der Waals surface area (Å²) in [6.45, 7) is 11.0. The molecular formula is C31H37N3O3S. The number of esters is 1. The van der Waals surface area contributed by atoms with Crippen molar-refractivity contribution in [3.63, 3.8) is 0 Å². The Balaban J connectivity index is 1.18. The van der Waals surface area contributed by atoms with Gasteiger partial charge in [-0.05, 0) is 99.3 Å².